The molecule has 0 N–H and O–H groups in total. The van der Waals surface area contributed by atoms with Crippen LogP contribution in [0, 0.1) is 11.3 Å². The van der Waals surface area contributed by atoms with E-state index in [2.05, 4.69) is 77.3 Å². The molecule has 0 bridgehead atoms. The zero-order valence-electron chi connectivity index (χ0n) is 24.3. The zero-order valence-corrected chi connectivity index (χ0v) is 24.3. The van der Waals surface area contributed by atoms with Gasteiger partial charge < -0.3 is 24.3 Å². The first-order chi connectivity index (χ1) is 20.4. The van der Waals surface area contributed by atoms with Crippen LogP contribution in [0.25, 0.3) is 10.8 Å². The van der Waals surface area contributed by atoms with Crippen molar-refractivity contribution in [3.63, 3.8) is 0 Å². The van der Waals surface area contributed by atoms with Gasteiger partial charge in [-0.3, -0.25) is 9.59 Å². The van der Waals surface area contributed by atoms with E-state index in [1.807, 2.05) is 0 Å². The van der Waals surface area contributed by atoms with Crippen LogP contribution in [-0.4, -0.2) is 90.4 Å². The van der Waals surface area contributed by atoms with E-state index >= 15 is 0 Å². The monoisotopic (exact) mass is 567 g/mol. The number of hydrogen-bond acceptors (Lipinski definition) is 9. The Morgan fingerprint density at radius 2 is 1.93 bits per heavy atom. The number of carbonyl (C=O) groups is 2. The van der Waals surface area contributed by atoms with Crippen LogP contribution in [0.4, 0.5) is 11.5 Å². The number of hydrogen-bond donors (Lipinski definition) is 0. The first-order valence-electron chi connectivity index (χ1n) is 14.8. The number of fused-ring (bicyclic) bond motifs is 2. The van der Waals surface area contributed by atoms with Gasteiger partial charge in [-0.2, -0.15) is 15.2 Å². The van der Waals surface area contributed by atoms with Crippen LogP contribution < -0.4 is 14.5 Å². The highest BCUT2D eigenvalue weighted by molar-refractivity contribution is 6.23. The molecule has 42 heavy (non-hydrogen) atoms. The molecule has 6 rings (SSSR count). The van der Waals surface area contributed by atoms with Crippen molar-refractivity contribution >= 4 is 34.5 Å². The number of nitriles is 1. The molecule has 0 radical (unpaired) electrons. The summed E-state index contributed by atoms with van der Waals surface area (Å²) in [5.74, 6) is 0.238. The van der Waals surface area contributed by atoms with Gasteiger partial charge in [0.05, 0.1) is 30.8 Å². The van der Waals surface area contributed by atoms with Crippen LogP contribution in [0.3, 0.4) is 0 Å². The summed E-state index contributed by atoms with van der Waals surface area (Å²) in [6, 6.07) is 17.5. The second kappa shape index (κ2) is 11.9. The average molecular weight is 568 g/mol. The van der Waals surface area contributed by atoms with E-state index in [0.29, 0.717) is 44.5 Å². The van der Waals surface area contributed by atoms with Gasteiger partial charge in [0, 0.05) is 48.9 Å². The van der Waals surface area contributed by atoms with E-state index in [0.717, 1.165) is 49.3 Å². The Hall–Kier alpha value is -4.23. The van der Waals surface area contributed by atoms with Crippen LogP contribution >= 0.6 is 0 Å². The molecule has 1 saturated heterocycles. The van der Waals surface area contributed by atoms with Gasteiger partial charge in [-0.1, -0.05) is 36.4 Å². The van der Waals surface area contributed by atoms with Gasteiger partial charge in [-0.05, 0) is 51.2 Å². The van der Waals surface area contributed by atoms with Crippen LogP contribution in [0.1, 0.15) is 36.9 Å². The van der Waals surface area contributed by atoms with Crippen molar-refractivity contribution in [2.75, 3.05) is 50.1 Å². The lowest BCUT2D eigenvalue weighted by Gasteiger charge is -2.42. The normalized spacial score (nSPS) is 22.2. The molecule has 10 heteroatoms. The number of piperazine rings is 1. The number of rotatable bonds is 7. The molecular weight excluding hydrogens is 530 g/mol. The number of carbonyl (C=O) groups excluding carboxylic acids is 2. The van der Waals surface area contributed by atoms with Crippen LogP contribution in [0.15, 0.2) is 42.5 Å². The number of benzene rings is 2. The Morgan fingerprint density at radius 1 is 1.10 bits per heavy atom. The molecule has 2 aliphatic heterocycles. The van der Waals surface area contributed by atoms with Crippen LogP contribution in [0.2, 0.25) is 0 Å². The number of aromatic nitrogens is 2. The zero-order chi connectivity index (χ0) is 29.2. The van der Waals surface area contributed by atoms with Crippen molar-refractivity contribution in [3.05, 3.63) is 53.7 Å². The Morgan fingerprint density at radius 3 is 2.71 bits per heavy atom. The van der Waals surface area contributed by atoms with Crippen LogP contribution in [0.5, 0.6) is 6.01 Å². The van der Waals surface area contributed by atoms with Crippen molar-refractivity contribution in [2.24, 2.45) is 0 Å². The molecule has 3 heterocycles. The summed E-state index contributed by atoms with van der Waals surface area (Å²) in [5, 5.41) is 11.9. The third-order valence-electron chi connectivity index (χ3n) is 8.98. The molecule has 1 aliphatic carbocycles. The number of aldehydes is 1. The van der Waals surface area contributed by atoms with Crippen LogP contribution in [-0.2, 0) is 22.6 Å². The molecule has 0 spiro atoms. The van der Waals surface area contributed by atoms with Gasteiger partial charge in [0.25, 0.3) is 5.91 Å². The highest BCUT2D eigenvalue weighted by Crippen LogP contribution is 2.35. The number of ether oxygens (including phenoxy) is 1. The van der Waals surface area contributed by atoms with Gasteiger partial charge in [-0.25, -0.2) is 0 Å². The van der Waals surface area contributed by atoms with Gasteiger partial charge in [0.1, 0.15) is 11.9 Å². The van der Waals surface area contributed by atoms with Crippen molar-refractivity contribution in [3.8, 4) is 12.1 Å². The molecule has 3 unspecified atom stereocenters. The maximum Gasteiger partial charge on any atom is 0.318 e. The number of nitrogens with zero attached hydrogens (tertiary/aromatic N) is 7. The summed E-state index contributed by atoms with van der Waals surface area (Å²) in [5.41, 5.74) is 3.21. The number of amides is 1. The highest BCUT2D eigenvalue weighted by Gasteiger charge is 2.35. The summed E-state index contributed by atoms with van der Waals surface area (Å²) < 4.78 is 6.46. The molecule has 10 nitrogen and oxygen atoms in total. The Bertz CT molecular complexity index is 1510. The highest BCUT2D eigenvalue weighted by atomic mass is 16.5. The maximum atomic E-state index is 12.3. The Labute approximate surface area is 246 Å². The smallest absolute Gasteiger partial charge is 0.318 e. The van der Waals surface area contributed by atoms with Crippen molar-refractivity contribution < 1.29 is 14.3 Å². The molecular formula is C32H37N7O3. The minimum absolute atomic E-state index is 0.0504. The van der Waals surface area contributed by atoms with Crippen molar-refractivity contribution in [1.29, 1.82) is 5.26 Å². The maximum absolute atomic E-state index is 12.3. The van der Waals surface area contributed by atoms with E-state index in [-0.39, 0.29) is 18.6 Å². The quantitative estimate of drug-likeness (QED) is 0.314. The average Bonchev–Trinajstić information content (AvgIpc) is 3.49. The third-order valence-corrected chi connectivity index (χ3v) is 8.98. The topological polar surface area (TPSA) is 106 Å². The van der Waals surface area contributed by atoms with Gasteiger partial charge in [-0.15, -0.1) is 0 Å². The summed E-state index contributed by atoms with van der Waals surface area (Å²) >= 11 is 0. The fraction of sp³-hybridized carbons (Fsp3) is 0.469. The Kier molecular flexibility index (Phi) is 7.94. The molecule has 1 amide bonds. The van der Waals surface area contributed by atoms with E-state index < -0.39 is 5.91 Å². The molecule has 3 atom stereocenters. The fourth-order valence-corrected chi connectivity index (χ4v) is 6.72. The predicted octanol–water partition coefficient (Wildman–Crippen LogP) is 3.18. The predicted molar refractivity (Wildman–Crippen MR) is 160 cm³/mol. The summed E-state index contributed by atoms with van der Waals surface area (Å²) in [4.78, 5) is 41.8. The SMILES string of the molecule is CN(C)C1CCC(Oc2nc3c(c(N4CCN(C(=O)C=O)C(CC#N)C4)n2)CCN(c2cccc4ccccc24)C3)C1. The summed E-state index contributed by atoms with van der Waals surface area (Å²) in [6.07, 6.45) is 4.26. The van der Waals surface area contributed by atoms with E-state index in [9.17, 15) is 14.9 Å². The molecule has 218 valence electrons. The van der Waals surface area contributed by atoms with Gasteiger partial charge in [0.2, 0.25) is 6.29 Å². The molecule has 1 saturated carbocycles. The molecule has 2 aromatic carbocycles. The minimum Gasteiger partial charge on any atom is -0.460 e. The molecule has 2 fully saturated rings. The largest absolute Gasteiger partial charge is 0.460 e. The number of anilines is 2. The van der Waals surface area contributed by atoms with Gasteiger partial charge >= 0.3 is 6.01 Å². The molecule has 1 aromatic heterocycles. The minimum atomic E-state index is -0.578. The second-order valence-electron chi connectivity index (χ2n) is 11.7. The van der Waals surface area contributed by atoms with Crippen molar-refractivity contribution in [2.45, 2.75) is 56.8 Å². The van der Waals surface area contributed by atoms with E-state index in [4.69, 9.17) is 14.7 Å². The Balaban J connectivity index is 1.33. The lowest BCUT2D eigenvalue weighted by Crippen LogP contribution is -2.56. The van der Waals surface area contributed by atoms with E-state index in [1.165, 1.54) is 21.4 Å². The second-order valence-corrected chi connectivity index (χ2v) is 11.7. The first-order valence-corrected chi connectivity index (χ1v) is 14.8. The lowest BCUT2D eigenvalue weighted by atomic mass is 10.0. The molecule has 3 aliphatic rings. The summed E-state index contributed by atoms with van der Waals surface area (Å²) in [6.45, 7) is 2.74. The van der Waals surface area contributed by atoms with Crippen molar-refractivity contribution in [1.82, 2.24) is 19.8 Å². The summed E-state index contributed by atoms with van der Waals surface area (Å²) in [7, 11) is 4.21. The van der Waals surface area contributed by atoms with Gasteiger partial charge in [0.15, 0.2) is 0 Å². The third kappa shape index (κ3) is 5.49. The molecule has 3 aromatic rings. The standard InChI is InChI=1S/C32H37N7O3/c1-36(2)23-10-11-25(18-23)42-32-34-28-20-37(29-9-5-7-22-6-3-4-8-26(22)29)15-13-27(28)31(35-32)38-16-17-39(30(41)21-40)24(19-38)12-14-33/h3-9,21,23-25H,10-13,15-20H2,1-2H3. The lowest BCUT2D eigenvalue weighted by molar-refractivity contribution is -0.140. The fourth-order valence-electron chi connectivity index (χ4n) is 6.72. The first kappa shape index (κ1) is 27.9. The van der Waals surface area contributed by atoms with E-state index in [1.54, 1.807) is 0 Å².